The van der Waals surface area contributed by atoms with Gasteiger partial charge in [-0.2, -0.15) is 0 Å². The molecule has 3 aliphatic heterocycles. The highest BCUT2D eigenvalue weighted by Crippen LogP contribution is 2.32. The third kappa shape index (κ3) is 4.94. The minimum Gasteiger partial charge on any atom is -0.394 e. The van der Waals surface area contributed by atoms with Crippen LogP contribution in [0.5, 0.6) is 0 Å². The van der Waals surface area contributed by atoms with Gasteiger partial charge in [0, 0.05) is 0 Å². The second kappa shape index (κ2) is 10.4. The zero-order chi connectivity index (χ0) is 23.9. The van der Waals surface area contributed by atoms with Crippen molar-refractivity contribution in [3.8, 4) is 0 Å². The third-order valence-corrected chi connectivity index (χ3v) is 6.02. The summed E-state index contributed by atoms with van der Waals surface area (Å²) >= 11 is 0. The summed E-state index contributed by atoms with van der Waals surface area (Å²) in [6.45, 7) is 2.15. The van der Waals surface area contributed by atoms with Crippen LogP contribution in [0.25, 0.3) is 0 Å². The zero-order valence-electron chi connectivity index (χ0n) is 17.4. The molecule has 14 nitrogen and oxygen atoms in total. The zero-order valence-corrected chi connectivity index (χ0v) is 17.4. The molecule has 0 radical (unpaired) electrons. The van der Waals surface area contributed by atoms with Gasteiger partial charge >= 0.3 is 0 Å². The summed E-state index contributed by atoms with van der Waals surface area (Å²) in [5.41, 5.74) is 0. The van der Waals surface area contributed by atoms with Crippen LogP contribution >= 0.6 is 0 Å². The van der Waals surface area contributed by atoms with E-state index >= 15 is 0 Å². The van der Waals surface area contributed by atoms with Gasteiger partial charge in [0.05, 0.1) is 18.8 Å². The SMILES string of the molecule is C[C@@H]1O[C@@H](O[C@@H]2[C@H](O[C@H]3C(O)O[C@H](CO)[C@H](O)[C@@H]3O)O[C@@H](C)[C@@H](O)[C@H]2O)[C@@H](O)[C@H](O)[C@@H]1O. The molecular weight excluding hydrogens is 440 g/mol. The van der Waals surface area contributed by atoms with Gasteiger partial charge in [-0.25, -0.2) is 0 Å². The Morgan fingerprint density at radius 3 is 1.66 bits per heavy atom. The van der Waals surface area contributed by atoms with Crippen LogP contribution in [0.2, 0.25) is 0 Å². The van der Waals surface area contributed by atoms with Crippen molar-refractivity contribution in [3.05, 3.63) is 0 Å². The molecule has 3 saturated heterocycles. The maximum Gasteiger partial charge on any atom is 0.187 e. The number of ether oxygens (including phenoxy) is 5. The van der Waals surface area contributed by atoms with Crippen LogP contribution in [-0.4, -0.2) is 145 Å². The van der Waals surface area contributed by atoms with Crippen molar-refractivity contribution in [2.45, 2.75) is 106 Å². The van der Waals surface area contributed by atoms with Gasteiger partial charge in [-0.1, -0.05) is 0 Å². The lowest BCUT2D eigenvalue weighted by Gasteiger charge is -2.47. The van der Waals surface area contributed by atoms with E-state index in [1.54, 1.807) is 0 Å². The van der Waals surface area contributed by atoms with Crippen molar-refractivity contribution in [1.29, 1.82) is 0 Å². The van der Waals surface area contributed by atoms with Gasteiger partial charge in [0.1, 0.15) is 61.0 Å². The number of hydrogen-bond donors (Lipinski definition) is 9. The number of hydrogen-bond acceptors (Lipinski definition) is 14. The highest BCUT2D eigenvalue weighted by molar-refractivity contribution is 4.94. The fourth-order valence-electron chi connectivity index (χ4n) is 3.91. The molecule has 0 spiro atoms. The Hall–Kier alpha value is -0.560. The van der Waals surface area contributed by atoms with Gasteiger partial charge in [-0.05, 0) is 13.8 Å². The first-order chi connectivity index (χ1) is 15.0. The van der Waals surface area contributed by atoms with Gasteiger partial charge < -0.3 is 69.6 Å². The summed E-state index contributed by atoms with van der Waals surface area (Å²) in [4.78, 5) is 0. The molecule has 9 N–H and O–H groups in total. The Kier molecular flexibility index (Phi) is 8.44. The van der Waals surface area contributed by atoms with Crippen LogP contribution in [0.1, 0.15) is 13.8 Å². The van der Waals surface area contributed by atoms with Crippen LogP contribution in [0.3, 0.4) is 0 Å². The lowest BCUT2D eigenvalue weighted by Crippen LogP contribution is -2.65. The molecule has 3 aliphatic rings. The smallest absolute Gasteiger partial charge is 0.187 e. The number of rotatable bonds is 5. The largest absolute Gasteiger partial charge is 0.394 e. The van der Waals surface area contributed by atoms with Crippen LogP contribution in [0, 0.1) is 0 Å². The van der Waals surface area contributed by atoms with E-state index in [0.717, 1.165) is 0 Å². The normalized spacial score (nSPS) is 55.0. The third-order valence-electron chi connectivity index (χ3n) is 6.02. The molecule has 3 fully saturated rings. The molecule has 0 amide bonds. The number of aliphatic hydroxyl groups is 9. The van der Waals surface area contributed by atoms with Gasteiger partial charge in [-0.15, -0.1) is 0 Å². The molecule has 0 aromatic carbocycles. The molecule has 3 rings (SSSR count). The Labute approximate surface area is 183 Å². The summed E-state index contributed by atoms with van der Waals surface area (Å²) < 4.78 is 27.0. The Morgan fingerprint density at radius 2 is 1.06 bits per heavy atom. The predicted molar refractivity (Wildman–Crippen MR) is 98.4 cm³/mol. The van der Waals surface area contributed by atoms with Gasteiger partial charge in [-0.3, -0.25) is 0 Å². The molecule has 3 heterocycles. The summed E-state index contributed by atoms with van der Waals surface area (Å²) in [5, 5.41) is 90.5. The molecule has 0 saturated carbocycles. The second-order valence-corrected chi connectivity index (χ2v) is 8.30. The van der Waals surface area contributed by atoms with Crippen LogP contribution in [0.15, 0.2) is 0 Å². The highest BCUT2D eigenvalue weighted by Gasteiger charge is 2.52. The van der Waals surface area contributed by atoms with E-state index < -0.39 is 98.7 Å². The molecule has 0 aromatic heterocycles. The van der Waals surface area contributed by atoms with E-state index in [9.17, 15) is 46.0 Å². The predicted octanol–water partition coefficient (Wildman–Crippen LogP) is -5.52. The second-order valence-electron chi connectivity index (χ2n) is 8.30. The molecule has 0 aliphatic carbocycles. The van der Waals surface area contributed by atoms with Crippen molar-refractivity contribution in [3.63, 3.8) is 0 Å². The standard InChI is InChI=1S/C18H32O14/c1-4-7(20)10(23)13(26)17(28-4)32-15-11(24)8(21)5(2)29-18(15)31-14-12(25)9(22)6(3-19)30-16(14)27/h4-27H,3H2,1-2H3/t4-,5-,6+,7+,8+,9-,10+,11+,12-,13-,14+,15-,16?,17-,18-/m0/s1. The maximum atomic E-state index is 10.5. The lowest BCUT2D eigenvalue weighted by atomic mass is 9.97. The Balaban J connectivity index is 1.78. The molecule has 0 bridgehead atoms. The molecule has 14 heteroatoms. The van der Waals surface area contributed by atoms with E-state index in [0.29, 0.717) is 0 Å². The first-order valence-electron chi connectivity index (χ1n) is 10.3. The van der Waals surface area contributed by atoms with Crippen molar-refractivity contribution in [2.75, 3.05) is 6.61 Å². The van der Waals surface area contributed by atoms with E-state index in [-0.39, 0.29) is 0 Å². The summed E-state index contributed by atoms with van der Waals surface area (Å²) in [5.74, 6) is 0. The summed E-state index contributed by atoms with van der Waals surface area (Å²) in [7, 11) is 0. The minimum absolute atomic E-state index is 0.682. The molecule has 0 aromatic rings. The first-order valence-corrected chi connectivity index (χ1v) is 10.3. The molecule has 32 heavy (non-hydrogen) atoms. The average Bonchev–Trinajstić information content (AvgIpc) is 2.76. The maximum absolute atomic E-state index is 10.5. The van der Waals surface area contributed by atoms with Crippen LogP contribution in [-0.2, 0) is 23.7 Å². The topological polar surface area (TPSA) is 228 Å². The first kappa shape index (κ1) is 26.1. The fourth-order valence-corrected chi connectivity index (χ4v) is 3.91. The quantitative estimate of drug-likeness (QED) is 0.182. The van der Waals surface area contributed by atoms with Crippen LogP contribution < -0.4 is 0 Å². The van der Waals surface area contributed by atoms with E-state index in [2.05, 4.69) is 0 Å². The Bertz CT molecular complexity index is 610. The monoisotopic (exact) mass is 472 g/mol. The van der Waals surface area contributed by atoms with Crippen molar-refractivity contribution in [2.24, 2.45) is 0 Å². The van der Waals surface area contributed by atoms with Gasteiger partial charge in [0.15, 0.2) is 18.9 Å². The van der Waals surface area contributed by atoms with Crippen LogP contribution in [0.4, 0.5) is 0 Å². The van der Waals surface area contributed by atoms with Gasteiger partial charge in [0.2, 0.25) is 0 Å². The van der Waals surface area contributed by atoms with E-state index in [1.165, 1.54) is 13.8 Å². The average molecular weight is 472 g/mol. The molecule has 1 unspecified atom stereocenters. The molecule has 15 atom stereocenters. The van der Waals surface area contributed by atoms with Gasteiger partial charge in [0.25, 0.3) is 0 Å². The van der Waals surface area contributed by atoms with E-state index in [1.807, 2.05) is 0 Å². The summed E-state index contributed by atoms with van der Waals surface area (Å²) in [6.07, 6.45) is -22.6. The van der Waals surface area contributed by atoms with Crippen molar-refractivity contribution in [1.82, 2.24) is 0 Å². The highest BCUT2D eigenvalue weighted by atomic mass is 16.8. The summed E-state index contributed by atoms with van der Waals surface area (Å²) in [6, 6.07) is 0. The minimum atomic E-state index is -1.80. The molecule has 188 valence electrons. The molecular formula is C18H32O14. The lowest BCUT2D eigenvalue weighted by molar-refractivity contribution is -0.387. The number of aliphatic hydroxyl groups excluding tert-OH is 9. The van der Waals surface area contributed by atoms with Crippen molar-refractivity contribution >= 4 is 0 Å². The Morgan fingerprint density at radius 1 is 0.562 bits per heavy atom. The fraction of sp³-hybridized carbons (Fsp3) is 1.00. The van der Waals surface area contributed by atoms with Crippen molar-refractivity contribution < 1.29 is 69.6 Å². The van der Waals surface area contributed by atoms with E-state index in [4.69, 9.17) is 23.7 Å².